The van der Waals surface area contributed by atoms with Crippen molar-refractivity contribution in [2.45, 2.75) is 65.8 Å². The fourth-order valence-electron chi connectivity index (χ4n) is 5.39. The van der Waals surface area contributed by atoms with Crippen LogP contribution in [-0.2, 0) is 4.79 Å². The van der Waals surface area contributed by atoms with Crippen molar-refractivity contribution >= 4 is 34.6 Å². The number of amides is 1. The lowest BCUT2D eigenvalue weighted by atomic mass is 9.94. The Morgan fingerprint density at radius 1 is 0.914 bits per heavy atom. The maximum absolute atomic E-state index is 13.7. The normalized spacial score (nSPS) is 19.3. The molecule has 1 amide bonds. The molecule has 0 bridgehead atoms. The molecule has 0 radical (unpaired) electrons. The molecule has 2 aliphatic rings. The molecule has 0 N–H and O–H groups in total. The predicted molar refractivity (Wildman–Crippen MR) is 148 cm³/mol. The van der Waals surface area contributed by atoms with Crippen LogP contribution in [0.5, 0.6) is 0 Å². The standard InChI is InChI=1S/C30H33N3OS/c1-20-15-21(2)17-27(16-20)32-22(3)18-24(23(32)4)19-28-29(34)33(26-13-9-6-10-14-26)30(35-28)31-25-11-7-5-8-12-25/h5,7-8,11-12,15-19,26H,6,9-10,13-14H2,1-4H3/b28-19+,31-30?. The molecule has 0 spiro atoms. The van der Waals surface area contributed by atoms with Crippen LogP contribution in [0.1, 0.15) is 60.2 Å². The Hall–Kier alpha value is -3.05. The topological polar surface area (TPSA) is 37.6 Å². The Kier molecular flexibility index (Phi) is 6.70. The molecule has 1 saturated carbocycles. The Morgan fingerprint density at radius 2 is 1.60 bits per heavy atom. The quantitative estimate of drug-likeness (QED) is 0.357. The Labute approximate surface area is 212 Å². The summed E-state index contributed by atoms with van der Waals surface area (Å²) in [6, 6.07) is 19.0. The van der Waals surface area contributed by atoms with Gasteiger partial charge in [0, 0.05) is 23.1 Å². The van der Waals surface area contributed by atoms with E-state index in [4.69, 9.17) is 4.99 Å². The molecule has 5 heteroatoms. The first-order valence-corrected chi connectivity index (χ1v) is 13.4. The summed E-state index contributed by atoms with van der Waals surface area (Å²) in [5.41, 5.74) is 7.95. The second-order valence-corrected chi connectivity index (χ2v) is 10.8. The number of para-hydroxylation sites is 1. The second-order valence-electron chi connectivity index (χ2n) is 9.82. The summed E-state index contributed by atoms with van der Waals surface area (Å²) in [6.07, 6.45) is 7.77. The van der Waals surface area contributed by atoms with Crippen LogP contribution in [0.25, 0.3) is 11.8 Å². The van der Waals surface area contributed by atoms with Crippen LogP contribution in [0.3, 0.4) is 0 Å². The minimum atomic E-state index is 0.0905. The molecule has 1 aliphatic heterocycles. The number of hydrogen-bond acceptors (Lipinski definition) is 3. The number of amidine groups is 1. The molecule has 2 aromatic carbocycles. The van der Waals surface area contributed by atoms with Crippen LogP contribution in [0, 0.1) is 27.7 Å². The van der Waals surface area contributed by atoms with E-state index in [0.29, 0.717) is 0 Å². The largest absolute Gasteiger partial charge is 0.318 e. The number of aromatic nitrogens is 1. The minimum absolute atomic E-state index is 0.0905. The van der Waals surface area contributed by atoms with Gasteiger partial charge in [-0.3, -0.25) is 9.69 Å². The summed E-state index contributed by atoms with van der Waals surface area (Å²) in [5.74, 6) is 0.0905. The molecule has 5 rings (SSSR count). The van der Waals surface area contributed by atoms with Gasteiger partial charge in [-0.05, 0) is 105 Å². The van der Waals surface area contributed by atoms with Crippen molar-refractivity contribution in [2.24, 2.45) is 4.99 Å². The van der Waals surface area contributed by atoms with Gasteiger partial charge in [0.05, 0.1) is 10.6 Å². The first kappa shape index (κ1) is 23.7. The van der Waals surface area contributed by atoms with E-state index >= 15 is 0 Å². The number of benzene rings is 2. The molecule has 2 heterocycles. The number of aryl methyl sites for hydroxylation is 3. The van der Waals surface area contributed by atoms with E-state index in [1.54, 1.807) is 0 Å². The van der Waals surface area contributed by atoms with E-state index in [0.717, 1.165) is 45.6 Å². The van der Waals surface area contributed by atoms with Crippen molar-refractivity contribution in [1.29, 1.82) is 0 Å². The monoisotopic (exact) mass is 483 g/mol. The zero-order valence-corrected chi connectivity index (χ0v) is 21.9. The lowest BCUT2D eigenvalue weighted by Gasteiger charge is -2.30. The number of thioether (sulfide) groups is 1. The Morgan fingerprint density at radius 3 is 2.29 bits per heavy atom. The summed E-state index contributed by atoms with van der Waals surface area (Å²) in [6.45, 7) is 8.54. The van der Waals surface area contributed by atoms with Crippen LogP contribution >= 0.6 is 11.8 Å². The molecule has 0 unspecified atom stereocenters. The SMILES string of the molecule is Cc1cc(C)cc(-n2c(C)cc(/C=C3/SC(=Nc4ccccc4)N(C4CCCCC4)C3=O)c2C)c1. The third kappa shape index (κ3) is 4.87. The van der Waals surface area contributed by atoms with Gasteiger partial charge in [-0.15, -0.1) is 0 Å². The van der Waals surface area contributed by atoms with Crippen LogP contribution in [0.4, 0.5) is 5.69 Å². The second kappa shape index (κ2) is 9.90. The van der Waals surface area contributed by atoms with Gasteiger partial charge >= 0.3 is 0 Å². The van der Waals surface area contributed by atoms with Crippen molar-refractivity contribution in [2.75, 3.05) is 0 Å². The summed E-state index contributed by atoms with van der Waals surface area (Å²) in [4.78, 5) is 21.4. The van der Waals surface area contributed by atoms with Gasteiger partial charge in [0.1, 0.15) is 0 Å². The number of carbonyl (C=O) groups excluding carboxylic acids is 1. The van der Waals surface area contributed by atoms with Crippen molar-refractivity contribution in [3.05, 3.63) is 87.6 Å². The van der Waals surface area contributed by atoms with E-state index in [2.05, 4.69) is 62.6 Å². The van der Waals surface area contributed by atoms with E-state index in [-0.39, 0.29) is 11.9 Å². The van der Waals surface area contributed by atoms with Crippen LogP contribution < -0.4 is 0 Å². The van der Waals surface area contributed by atoms with Gasteiger partial charge in [0.15, 0.2) is 5.17 Å². The highest BCUT2D eigenvalue weighted by molar-refractivity contribution is 8.18. The van der Waals surface area contributed by atoms with Crippen LogP contribution in [0.2, 0.25) is 0 Å². The van der Waals surface area contributed by atoms with Crippen molar-refractivity contribution in [3.63, 3.8) is 0 Å². The fraction of sp³-hybridized carbons (Fsp3) is 0.333. The Bertz CT molecular complexity index is 1290. The van der Waals surface area contributed by atoms with E-state index in [1.807, 2.05) is 35.2 Å². The molecule has 1 saturated heterocycles. The number of nitrogens with zero attached hydrogens (tertiary/aromatic N) is 3. The summed E-state index contributed by atoms with van der Waals surface area (Å²) in [7, 11) is 0. The minimum Gasteiger partial charge on any atom is -0.318 e. The third-order valence-corrected chi connectivity index (χ3v) is 7.96. The van der Waals surface area contributed by atoms with Gasteiger partial charge in [0.2, 0.25) is 0 Å². The number of carbonyl (C=O) groups is 1. The smallest absolute Gasteiger partial charge is 0.267 e. The van der Waals surface area contributed by atoms with Gasteiger partial charge < -0.3 is 4.57 Å². The molecular weight excluding hydrogens is 450 g/mol. The predicted octanol–water partition coefficient (Wildman–Crippen LogP) is 7.65. The molecule has 1 aliphatic carbocycles. The highest BCUT2D eigenvalue weighted by atomic mass is 32.2. The maximum Gasteiger partial charge on any atom is 0.267 e. The zero-order valence-electron chi connectivity index (χ0n) is 21.0. The molecule has 2 fully saturated rings. The van der Waals surface area contributed by atoms with Gasteiger partial charge in [-0.2, -0.15) is 0 Å². The highest BCUT2D eigenvalue weighted by Gasteiger charge is 2.38. The summed E-state index contributed by atoms with van der Waals surface area (Å²) < 4.78 is 2.29. The lowest BCUT2D eigenvalue weighted by molar-refractivity contribution is -0.124. The molecule has 0 atom stereocenters. The molecule has 4 nitrogen and oxygen atoms in total. The van der Waals surface area contributed by atoms with E-state index in [9.17, 15) is 4.79 Å². The highest BCUT2D eigenvalue weighted by Crippen LogP contribution is 2.39. The van der Waals surface area contributed by atoms with Crippen LogP contribution in [0.15, 0.2) is 64.5 Å². The maximum atomic E-state index is 13.7. The molecule has 180 valence electrons. The summed E-state index contributed by atoms with van der Waals surface area (Å²) >= 11 is 1.51. The van der Waals surface area contributed by atoms with Gasteiger partial charge in [-0.1, -0.05) is 43.5 Å². The van der Waals surface area contributed by atoms with Crippen molar-refractivity contribution in [1.82, 2.24) is 9.47 Å². The number of rotatable bonds is 4. The lowest BCUT2D eigenvalue weighted by Crippen LogP contribution is -2.40. The van der Waals surface area contributed by atoms with E-state index in [1.165, 1.54) is 47.8 Å². The number of aliphatic imine (C=N–C) groups is 1. The van der Waals surface area contributed by atoms with Crippen molar-refractivity contribution in [3.8, 4) is 5.69 Å². The van der Waals surface area contributed by atoms with Crippen molar-refractivity contribution < 1.29 is 4.79 Å². The van der Waals surface area contributed by atoms with E-state index < -0.39 is 0 Å². The third-order valence-electron chi connectivity index (χ3n) is 6.98. The first-order chi connectivity index (χ1) is 16.9. The molecule has 3 aromatic rings. The molecule has 1 aromatic heterocycles. The average Bonchev–Trinajstić information content (AvgIpc) is 3.29. The van der Waals surface area contributed by atoms with Gasteiger partial charge in [0.25, 0.3) is 5.91 Å². The summed E-state index contributed by atoms with van der Waals surface area (Å²) in [5, 5.41) is 0.808. The average molecular weight is 484 g/mol. The molecular formula is C30H33N3OS. The first-order valence-electron chi connectivity index (χ1n) is 12.5. The van der Waals surface area contributed by atoms with Crippen LogP contribution in [-0.4, -0.2) is 26.6 Å². The number of hydrogen-bond donors (Lipinski definition) is 0. The van der Waals surface area contributed by atoms with Gasteiger partial charge in [-0.25, -0.2) is 4.99 Å². The fourth-order valence-corrected chi connectivity index (χ4v) is 6.44. The molecule has 35 heavy (non-hydrogen) atoms. The Balaban J connectivity index is 1.53. The zero-order chi connectivity index (χ0) is 24.5.